The van der Waals surface area contributed by atoms with Crippen LogP contribution in [0.4, 0.5) is 0 Å². The molecule has 0 radical (unpaired) electrons. The van der Waals surface area contributed by atoms with Crippen LogP contribution in [0, 0.1) is 0 Å². The van der Waals surface area contributed by atoms with E-state index < -0.39 is 39.6 Å². The second-order valence-corrected chi connectivity index (χ2v) is 10.6. The van der Waals surface area contributed by atoms with Gasteiger partial charge in [0, 0.05) is 12.6 Å². The molecule has 176 valence electrons. The van der Waals surface area contributed by atoms with Gasteiger partial charge in [-0.3, -0.25) is 14.2 Å². The topological polar surface area (TPSA) is 125 Å². The zero-order valence-electron chi connectivity index (χ0n) is 18.4. The number of carbonyl (C=O) groups excluding carboxylic acids is 1. The van der Waals surface area contributed by atoms with E-state index in [0.717, 1.165) is 23.0 Å². The Bertz CT molecular complexity index is 1390. The normalized spacial score (nSPS) is 17.4. The van der Waals surface area contributed by atoms with Crippen molar-refractivity contribution in [1.29, 1.82) is 0 Å². The number of benzene rings is 1. The number of aryl methyl sites for hydroxylation is 1. The van der Waals surface area contributed by atoms with Crippen LogP contribution in [0.15, 0.2) is 46.2 Å². The molecule has 1 amide bonds. The molecule has 0 bridgehead atoms. The molecule has 33 heavy (non-hydrogen) atoms. The number of carbonyl (C=O) groups is 1. The zero-order chi connectivity index (χ0) is 23.6. The van der Waals surface area contributed by atoms with Crippen LogP contribution in [0.25, 0.3) is 11.2 Å². The summed E-state index contributed by atoms with van der Waals surface area (Å²) in [6.45, 7) is 2.32. The molecule has 3 heterocycles. The fourth-order valence-electron chi connectivity index (χ4n) is 4.11. The highest BCUT2D eigenvalue weighted by Gasteiger charge is 2.29. The average molecular weight is 474 g/mol. The molecule has 1 unspecified atom stereocenters. The highest BCUT2D eigenvalue weighted by molar-refractivity contribution is 7.91. The number of imidazole rings is 1. The Morgan fingerprint density at radius 1 is 1.18 bits per heavy atom. The Kier molecular flexibility index (Phi) is 6.50. The Labute approximate surface area is 190 Å². The van der Waals surface area contributed by atoms with Gasteiger partial charge in [0.2, 0.25) is 5.91 Å². The van der Waals surface area contributed by atoms with Crippen molar-refractivity contribution in [1.82, 2.24) is 24.0 Å². The van der Waals surface area contributed by atoms with Crippen molar-refractivity contribution in [2.75, 3.05) is 11.5 Å². The standard InChI is InChI=1S/C22H27N5O5S/c1-2-3-10-25-15-23-20-19(25)21(29)27(13-18(28)24-17-9-11-33(31,32)14-17)22(30)26(20)12-16-7-5-4-6-8-16/h4-8,15,17H,2-3,9-14H2,1H3,(H,24,28). The number of unbranched alkanes of at least 4 members (excludes halogenated alkanes) is 1. The van der Waals surface area contributed by atoms with Crippen LogP contribution in [-0.4, -0.2) is 50.6 Å². The minimum absolute atomic E-state index is 0.0182. The van der Waals surface area contributed by atoms with E-state index in [1.165, 1.54) is 4.57 Å². The zero-order valence-corrected chi connectivity index (χ0v) is 19.3. The highest BCUT2D eigenvalue weighted by Crippen LogP contribution is 2.12. The lowest BCUT2D eigenvalue weighted by atomic mass is 10.2. The second-order valence-electron chi connectivity index (χ2n) is 8.38. The molecule has 1 atom stereocenters. The number of amides is 1. The van der Waals surface area contributed by atoms with Crippen molar-refractivity contribution in [2.45, 2.75) is 51.9 Å². The number of fused-ring (bicyclic) bond motifs is 1. The number of aromatic nitrogens is 4. The van der Waals surface area contributed by atoms with Gasteiger partial charge in [-0.25, -0.2) is 22.8 Å². The Morgan fingerprint density at radius 2 is 1.94 bits per heavy atom. The van der Waals surface area contributed by atoms with E-state index in [-0.39, 0.29) is 29.2 Å². The van der Waals surface area contributed by atoms with Crippen LogP contribution in [0.2, 0.25) is 0 Å². The smallest absolute Gasteiger partial charge is 0.333 e. The van der Waals surface area contributed by atoms with Gasteiger partial charge < -0.3 is 9.88 Å². The van der Waals surface area contributed by atoms with Gasteiger partial charge in [-0.1, -0.05) is 43.7 Å². The van der Waals surface area contributed by atoms with Crippen LogP contribution in [0.1, 0.15) is 31.7 Å². The summed E-state index contributed by atoms with van der Waals surface area (Å²) in [7, 11) is -3.17. The van der Waals surface area contributed by atoms with E-state index in [4.69, 9.17) is 0 Å². The molecular formula is C22H27N5O5S. The highest BCUT2D eigenvalue weighted by atomic mass is 32.2. The molecule has 0 spiro atoms. The lowest BCUT2D eigenvalue weighted by molar-refractivity contribution is -0.122. The SMILES string of the molecule is CCCCn1cnc2c1c(=O)n(CC(=O)NC1CCS(=O)(=O)C1)c(=O)n2Cc1ccccc1. The summed E-state index contributed by atoms with van der Waals surface area (Å²) >= 11 is 0. The summed E-state index contributed by atoms with van der Waals surface area (Å²) in [5, 5.41) is 2.65. The van der Waals surface area contributed by atoms with Crippen LogP contribution in [0.5, 0.6) is 0 Å². The lowest BCUT2D eigenvalue weighted by Gasteiger charge is -2.14. The third-order valence-corrected chi connectivity index (χ3v) is 7.59. The van der Waals surface area contributed by atoms with Crippen molar-refractivity contribution in [3.8, 4) is 0 Å². The fourth-order valence-corrected chi connectivity index (χ4v) is 5.78. The van der Waals surface area contributed by atoms with E-state index in [9.17, 15) is 22.8 Å². The monoisotopic (exact) mass is 473 g/mol. The molecular weight excluding hydrogens is 446 g/mol. The van der Waals surface area contributed by atoms with Crippen molar-refractivity contribution in [3.05, 3.63) is 63.1 Å². The van der Waals surface area contributed by atoms with Gasteiger partial charge in [0.1, 0.15) is 6.54 Å². The van der Waals surface area contributed by atoms with Gasteiger partial charge in [-0.05, 0) is 18.4 Å². The summed E-state index contributed by atoms with van der Waals surface area (Å²) < 4.78 is 27.4. The number of rotatable bonds is 8. The molecule has 0 saturated carbocycles. The maximum Gasteiger partial charge on any atom is 0.333 e. The third kappa shape index (κ3) is 4.92. The summed E-state index contributed by atoms with van der Waals surface area (Å²) in [6, 6.07) is 8.82. The van der Waals surface area contributed by atoms with Crippen LogP contribution in [-0.2, 0) is 34.3 Å². The average Bonchev–Trinajstić information content (AvgIpc) is 3.36. The molecule has 1 N–H and O–H groups in total. The molecule has 4 rings (SSSR count). The molecule has 1 fully saturated rings. The fraction of sp³-hybridized carbons (Fsp3) is 0.455. The first kappa shape index (κ1) is 23.0. The summed E-state index contributed by atoms with van der Waals surface area (Å²) in [4.78, 5) is 43.6. The first-order valence-electron chi connectivity index (χ1n) is 11.0. The predicted molar refractivity (Wildman–Crippen MR) is 124 cm³/mol. The van der Waals surface area contributed by atoms with E-state index in [1.54, 1.807) is 10.9 Å². The maximum atomic E-state index is 13.3. The first-order valence-corrected chi connectivity index (χ1v) is 12.8. The van der Waals surface area contributed by atoms with Crippen LogP contribution in [0.3, 0.4) is 0 Å². The van der Waals surface area contributed by atoms with Gasteiger partial charge in [0.05, 0.1) is 24.4 Å². The van der Waals surface area contributed by atoms with Crippen molar-refractivity contribution < 1.29 is 13.2 Å². The molecule has 1 aromatic carbocycles. The first-order chi connectivity index (χ1) is 15.8. The van der Waals surface area contributed by atoms with E-state index in [2.05, 4.69) is 10.3 Å². The van der Waals surface area contributed by atoms with E-state index in [1.807, 2.05) is 37.3 Å². The molecule has 10 nitrogen and oxygen atoms in total. The summed E-state index contributed by atoms with van der Waals surface area (Å²) in [5.41, 5.74) is 0.196. The molecule has 11 heteroatoms. The Morgan fingerprint density at radius 3 is 2.61 bits per heavy atom. The van der Waals surface area contributed by atoms with Gasteiger partial charge >= 0.3 is 5.69 Å². The quantitative estimate of drug-likeness (QED) is 0.508. The number of nitrogens with zero attached hydrogens (tertiary/aromatic N) is 4. The van der Waals surface area contributed by atoms with Gasteiger partial charge in [0.15, 0.2) is 21.0 Å². The molecule has 0 aliphatic carbocycles. The van der Waals surface area contributed by atoms with Gasteiger partial charge in [-0.15, -0.1) is 0 Å². The largest absolute Gasteiger partial charge is 0.351 e. The summed E-state index contributed by atoms with van der Waals surface area (Å²) in [5.74, 6) is -0.680. The van der Waals surface area contributed by atoms with Gasteiger partial charge in [-0.2, -0.15) is 0 Å². The second kappa shape index (κ2) is 9.34. The molecule has 3 aromatic rings. The maximum absolute atomic E-state index is 13.3. The lowest BCUT2D eigenvalue weighted by Crippen LogP contribution is -2.46. The molecule has 1 saturated heterocycles. The van der Waals surface area contributed by atoms with Crippen molar-refractivity contribution >= 4 is 26.9 Å². The molecule has 1 aliphatic heterocycles. The number of nitrogens with one attached hydrogen (secondary N) is 1. The Balaban J connectivity index is 1.73. The Hall–Kier alpha value is -3.21. The molecule has 1 aliphatic rings. The van der Waals surface area contributed by atoms with Crippen molar-refractivity contribution in [3.63, 3.8) is 0 Å². The third-order valence-electron chi connectivity index (χ3n) is 5.82. The number of hydrogen-bond acceptors (Lipinski definition) is 6. The van der Waals surface area contributed by atoms with Crippen LogP contribution < -0.4 is 16.6 Å². The van der Waals surface area contributed by atoms with Gasteiger partial charge in [0.25, 0.3) is 5.56 Å². The molecule has 2 aromatic heterocycles. The number of hydrogen-bond donors (Lipinski definition) is 1. The number of sulfone groups is 1. The minimum Gasteiger partial charge on any atom is -0.351 e. The summed E-state index contributed by atoms with van der Waals surface area (Å²) in [6.07, 6.45) is 3.63. The predicted octanol–water partition coefficient (Wildman–Crippen LogP) is 0.511. The van der Waals surface area contributed by atoms with Crippen LogP contribution >= 0.6 is 0 Å². The van der Waals surface area contributed by atoms with Crippen molar-refractivity contribution in [2.24, 2.45) is 0 Å². The minimum atomic E-state index is -3.17. The van der Waals surface area contributed by atoms with E-state index in [0.29, 0.717) is 13.0 Å². The van der Waals surface area contributed by atoms with E-state index >= 15 is 0 Å².